The van der Waals surface area contributed by atoms with Crippen LogP contribution in [0.25, 0.3) is 0 Å². The van der Waals surface area contributed by atoms with E-state index in [1.165, 1.54) is 31.8 Å². The van der Waals surface area contributed by atoms with Crippen molar-refractivity contribution in [1.82, 2.24) is 0 Å². The molecule has 7 aromatic carbocycles. The summed E-state index contributed by atoms with van der Waals surface area (Å²) in [5.41, 5.74) is -2.99. The number of halogens is 6. The number of nitriles is 4. The van der Waals surface area contributed by atoms with E-state index >= 15 is 0 Å². The van der Waals surface area contributed by atoms with Crippen LogP contribution >= 0.6 is 14.5 Å². The lowest BCUT2D eigenvalue weighted by atomic mass is 10.1. The summed E-state index contributed by atoms with van der Waals surface area (Å²) in [5, 5.41) is 64.4. The Balaban J connectivity index is 0.000000200. The van der Waals surface area contributed by atoms with Gasteiger partial charge in [-0.3, -0.25) is 0 Å². The number of benzene rings is 7. The topological polar surface area (TPSA) is 151 Å². The van der Waals surface area contributed by atoms with Gasteiger partial charge < -0.3 is 14.7 Å². The van der Waals surface area contributed by atoms with Gasteiger partial charge in [-0.05, 0) is 103 Å². The molecule has 0 aliphatic rings. The van der Waals surface area contributed by atoms with E-state index in [-0.39, 0.29) is 29.3 Å². The van der Waals surface area contributed by atoms with Gasteiger partial charge in [0.15, 0.2) is 0 Å². The number of rotatable bonds is 12. The first-order valence-electron chi connectivity index (χ1n) is 21.0. The van der Waals surface area contributed by atoms with E-state index in [1.54, 1.807) is 12.2 Å². The van der Waals surface area contributed by atoms with Crippen LogP contribution in [0.4, 0.5) is 26.3 Å². The molecule has 0 spiro atoms. The molecule has 16 heteroatoms. The largest absolute Gasteiger partial charge is 0.860 e. The van der Waals surface area contributed by atoms with Gasteiger partial charge in [0.2, 0.25) is 0 Å². The lowest BCUT2D eigenvalue weighted by Crippen LogP contribution is -2.50. The van der Waals surface area contributed by atoms with Crippen LogP contribution in [0, 0.1) is 45.3 Å². The van der Waals surface area contributed by atoms with Gasteiger partial charge in [0.25, 0.3) is 0 Å². The molecule has 0 amide bonds. The Morgan fingerprint density at radius 1 is 0.429 bits per heavy atom. The van der Waals surface area contributed by atoms with Crippen molar-refractivity contribution >= 4 is 53.7 Å². The van der Waals surface area contributed by atoms with Gasteiger partial charge in [-0.1, -0.05) is 109 Å². The summed E-state index contributed by atoms with van der Waals surface area (Å²) in [5.74, 6) is -1.08. The molecule has 0 saturated heterocycles. The van der Waals surface area contributed by atoms with Gasteiger partial charge in [-0.15, -0.1) is 0 Å². The number of hydrogen-bond donors (Lipinski definition) is 0. The summed E-state index contributed by atoms with van der Waals surface area (Å²) in [6.45, 7) is 0. The van der Waals surface area contributed by atoms with E-state index in [1.807, 2.05) is 60.7 Å². The zero-order valence-electron chi connectivity index (χ0n) is 36.9. The second kappa shape index (κ2) is 25.0. The fourth-order valence-electron chi connectivity index (χ4n) is 7.42. The molecule has 0 radical (unpaired) electrons. The highest BCUT2D eigenvalue weighted by Crippen LogP contribution is 2.56. The first kappa shape index (κ1) is 53.2. The molecular formula is C54H39BF6N4O3P2. The molecule has 0 aliphatic heterocycles. The van der Waals surface area contributed by atoms with Crippen molar-refractivity contribution in [3.05, 3.63) is 235 Å². The minimum Gasteiger partial charge on any atom is -0.860 e. The van der Waals surface area contributed by atoms with Crippen molar-refractivity contribution < 1.29 is 41.0 Å². The molecule has 348 valence electrons. The maximum atomic E-state index is 12.3. The zero-order chi connectivity index (χ0) is 50.6. The summed E-state index contributed by atoms with van der Waals surface area (Å²) in [4.78, 5) is 0. The van der Waals surface area contributed by atoms with Crippen molar-refractivity contribution in [2.45, 2.75) is 12.4 Å². The number of nitrogens with zero attached hydrogens (tertiary/aromatic N) is 4. The Bertz CT molecular complexity index is 2590. The fraction of sp³-hybridized carbons (Fsp3) is 0.0741. The number of allylic oxidation sites excluding steroid dienone is 4. The van der Waals surface area contributed by atoms with E-state index in [0.717, 1.165) is 0 Å². The molecule has 0 saturated carbocycles. The van der Waals surface area contributed by atoms with Crippen LogP contribution in [-0.2, 0) is 12.4 Å². The molecule has 7 rings (SSSR count). The third-order valence-electron chi connectivity index (χ3n) is 10.6. The van der Waals surface area contributed by atoms with E-state index in [4.69, 9.17) is 0 Å². The van der Waals surface area contributed by atoms with Gasteiger partial charge in [-0.2, -0.15) is 47.4 Å². The molecule has 0 fully saturated rings. The standard InChI is InChI=1S/2C23H18N2P.C8H3BF6O3/c2*24-18-20(19-25)16-17-26(21-10-4-1-5-11-21,22-12-6-2-7-13-22)23-14-8-3-9-15-23;10-7(11,12)4-1-5(8(13,14)15)3-6(2-4)18-9(16)17/h2*1-16H,17H2;1-3H/q2*+1;-2. The van der Waals surface area contributed by atoms with Gasteiger partial charge >= 0.3 is 12.4 Å². The maximum absolute atomic E-state index is 12.3. The maximum Gasteiger partial charge on any atom is 0.416 e. The smallest absolute Gasteiger partial charge is 0.416 e. The van der Waals surface area contributed by atoms with Crippen LogP contribution in [0.3, 0.4) is 0 Å². The van der Waals surface area contributed by atoms with Crippen molar-refractivity contribution in [2.75, 3.05) is 12.3 Å². The predicted octanol–water partition coefficient (Wildman–Crippen LogP) is 8.72. The number of alkyl halides is 6. The van der Waals surface area contributed by atoms with Crippen LogP contribution < -0.4 is 46.5 Å². The molecule has 0 aliphatic carbocycles. The predicted molar refractivity (Wildman–Crippen MR) is 261 cm³/mol. The molecule has 0 atom stereocenters. The minimum absolute atomic E-state index is 0.141. The minimum atomic E-state index is -5.05. The number of hydrogen-bond acceptors (Lipinski definition) is 7. The van der Waals surface area contributed by atoms with Crippen LogP contribution in [0.15, 0.2) is 223 Å². The quantitative estimate of drug-likeness (QED) is 0.0515. The van der Waals surface area contributed by atoms with Crippen molar-refractivity contribution in [2.24, 2.45) is 0 Å². The molecule has 70 heavy (non-hydrogen) atoms. The van der Waals surface area contributed by atoms with E-state index < -0.39 is 51.1 Å². The van der Waals surface area contributed by atoms with Crippen LogP contribution in [0.1, 0.15) is 11.1 Å². The lowest BCUT2D eigenvalue weighted by Gasteiger charge is -2.27. The third kappa shape index (κ3) is 13.7. The average Bonchev–Trinajstić information content (AvgIpc) is 3.38. The van der Waals surface area contributed by atoms with Crippen LogP contribution in [-0.4, -0.2) is 19.6 Å². The molecule has 7 nitrogen and oxygen atoms in total. The van der Waals surface area contributed by atoms with E-state index in [9.17, 15) is 57.4 Å². The second-order valence-electron chi connectivity index (χ2n) is 14.8. The fourth-order valence-corrected chi connectivity index (χ4v) is 15.5. The molecule has 0 heterocycles. The van der Waals surface area contributed by atoms with Crippen molar-refractivity contribution in [1.29, 1.82) is 21.0 Å². The summed E-state index contributed by atoms with van der Waals surface area (Å²) in [7, 11) is -7.04. The van der Waals surface area contributed by atoms with Gasteiger partial charge in [-0.25, -0.2) is 0 Å². The van der Waals surface area contributed by atoms with Gasteiger partial charge in [0.05, 0.1) is 29.2 Å². The highest BCUT2D eigenvalue weighted by Gasteiger charge is 2.46. The average molecular weight is 979 g/mol. The Morgan fingerprint density at radius 2 is 0.657 bits per heavy atom. The summed E-state index contributed by atoms with van der Waals surface area (Å²) in [6.07, 6.45) is -5.24. The first-order valence-corrected chi connectivity index (χ1v) is 25.0. The molecule has 0 aromatic heterocycles. The molecule has 7 aromatic rings. The summed E-state index contributed by atoms with van der Waals surface area (Å²) < 4.78 is 77.5. The molecular weight excluding hydrogens is 939 g/mol. The monoisotopic (exact) mass is 978 g/mol. The molecule has 0 N–H and O–H groups in total. The zero-order valence-corrected chi connectivity index (χ0v) is 38.7. The Hall–Kier alpha value is -7.80. The van der Waals surface area contributed by atoms with Crippen LogP contribution in [0.5, 0.6) is 5.75 Å². The summed E-state index contributed by atoms with van der Waals surface area (Å²) >= 11 is 0. The second-order valence-corrected chi connectivity index (χ2v) is 21.9. The Morgan fingerprint density at radius 3 is 0.843 bits per heavy atom. The SMILES string of the molecule is N#CC(C#N)=CC[P+](c1ccccc1)(c1ccccc1)c1ccccc1.N#CC(C#N)=CC[P+](c1ccccc1)(c1ccccc1)c1ccccc1.[O-]B([O-])Oc1cc(C(F)(F)F)cc(C(F)(F)F)c1. The van der Waals surface area contributed by atoms with Gasteiger partial charge in [0, 0.05) is 0 Å². The highest BCUT2D eigenvalue weighted by atomic mass is 31.2. The van der Waals surface area contributed by atoms with Crippen molar-refractivity contribution in [3.63, 3.8) is 0 Å². The highest BCUT2D eigenvalue weighted by molar-refractivity contribution is 7.96. The van der Waals surface area contributed by atoms with E-state index in [0.29, 0.717) is 12.3 Å². The van der Waals surface area contributed by atoms with E-state index in [2.05, 4.69) is 150 Å². The first-order chi connectivity index (χ1) is 33.6. The normalized spacial score (nSPS) is 10.9. The molecule has 0 unspecified atom stereocenters. The molecule has 0 bridgehead atoms. The summed E-state index contributed by atoms with van der Waals surface area (Å²) in [6, 6.07) is 70.7. The third-order valence-corrected chi connectivity index (χ3v) is 19.1. The van der Waals surface area contributed by atoms with Gasteiger partial charge in [0.1, 0.15) is 89.1 Å². The van der Waals surface area contributed by atoms with Crippen molar-refractivity contribution in [3.8, 4) is 30.0 Å². The lowest BCUT2D eigenvalue weighted by molar-refractivity contribution is -0.372. The Labute approximate surface area is 403 Å². The Kier molecular flexibility index (Phi) is 19.0. The van der Waals surface area contributed by atoms with Crippen LogP contribution in [0.2, 0.25) is 0 Å².